The lowest BCUT2D eigenvalue weighted by Gasteiger charge is -2.34. The highest BCUT2D eigenvalue weighted by atomic mass is 19.4. The van der Waals surface area contributed by atoms with Crippen LogP contribution in [0.3, 0.4) is 0 Å². The third-order valence-electron chi connectivity index (χ3n) is 3.94. The molecular formula is C13H20F3N5. The number of piperidine rings is 1. The smallest absolute Gasteiger partial charge is 0.356 e. The van der Waals surface area contributed by atoms with Crippen molar-refractivity contribution in [1.29, 1.82) is 0 Å². The first-order valence-electron chi connectivity index (χ1n) is 6.99. The molecule has 0 aliphatic carbocycles. The van der Waals surface area contributed by atoms with E-state index in [0.717, 1.165) is 18.9 Å². The van der Waals surface area contributed by atoms with Crippen LogP contribution in [0.25, 0.3) is 0 Å². The lowest BCUT2D eigenvalue weighted by molar-refractivity contribution is -0.141. The zero-order chi connectivity index (χ0) is 15.6. The molecule has 5 nitrogen and oxygen atoms in total. The van der Waals surface area contributed by atoms with E-state index in [-0.39, 0.29) is 11.8 Å². The van der Waals surface area contributed by atoms with Crippen LogP contribution in [0.4, 0.5) is 24.9 Å². The number of alkyl halides is 3. The van der Waals surface area contributed by atoms with Gasteiger partial charge in [0.25, 0.3) is 0 Å². The first-order chi connectivity index (χ1) is 9.81. The summed E-state index contributed by atoms with van der Waals surface area (Å²) in [5, 5.41) is 0. The van der Waals surface area contributed by atoms with Crippen molar-refractivity contribution in [3.63, 3.8) is 0 Å². The maximum absolute atomic E-state index is 12.8. The maximum atomic E-state index is 12.8. The van der Waals surface area contributed by atoms with Crippen molar-refractivity contribution in [2.75, 3.05) is 23.4 Å². The average molecular weight is 303 g/mol. The van der Waals surface area contributed by atoms with Gasteiger partial charge in [0.2, 0.25) is 5.95 Å². The lowest BCUT2D eigenvalue weighted by Crippen LogP contribution is -2.36. The van der Waals surface area contributed by atoms with Crippen LogP contribution in [0.1, 0.15) is 32.4 Å². The number of halogens is 3. The second kappa shape index (κ2) is 6.05. The van der Waals surface area contributed by atoms with E-state index < -0.39 is 11.9 Å². The minimum Gasteiger partial charge on any atom is -0.356 e. The fourth-order valence-corrected chi connectivity index (χ4v) is 2.60. The normalized spacial score (nSPS) is 17.4. The summed E-state index contributed by atoms with van der Waals surface area (Å²) in [5.41, 5.74) is 1.12. The summed E-state index contributed by atoms with van der Waals surface area (Å²) in [7, 11) is 0. The van der Waals surface area contributed by atoms with E-state index in [1.165, 1.54) is 0 Å². The first-order valence-corrected chi connectivity index (χ1v) is 6.99. The van der Waals surface area contributed by atoms with Crippen molar-refractivity contribution in [3.05, 3.63) is 11.8 Å². The summed E-state index contributed by atoms with van der Waals surface area (Å²) >= 11 is 0. The molecule has 1 aliphatic heterocycles. The van der Waals surface area contributed by atoms with Gasteiger partial charge in [0.15, 0.2) is 5.69 Å². The molecule has 0 bridgehead atoms. The Balaban J connectivity index is 2.20. The Morgan fingerprint density at radius 1 is 1.29 bits per heavy atom. The van der Waals surface area contributed by atoms with Crippen molar-refractivity contribution in [2.45, 2.75) is 32.9 Å². The highest BCUT2D eigenvalue weighted by Gasteiger charge is 2.34. The molecule has 1 saturated heterocycles. The van der Waals surface area contributed by atoms with Crippen molar-refractivity contribution < 1.29 is 13.2 Å². The van der Waals surface area contributed by atoms with Crippen molar-refractivity contribution >= 4 is 11.8 Å². The van der Waals surface area contributed by atoms with Gasteiger partial charge in [0.1, 0.15) is 5.82 Å². The zero-order valence-corrected chi connectivity index (χ0v) is 12.1. The SMILES string of the molecule is CC(C)C1CCN(c2cc(C(F)(F)F)nc(NN)n2)CC1. The van der Waals surface area contributed by atoms with Crippen LogP contribution in [0.5, 0.6) is 0 Å². The predicted octanol–water partition coefficient (Wildman–Crippen LogP) is 2.65. The molecule has 2 rings (SSSR count). The van der Waals surface area contributed by atoms with E-state index in [1.54, 1.807) is 0 Å². The number of hydrogen-bond donors (Lipinski definition) is 2. The molecule has 0 unspecified atom stereocenters. The van der Waals surface area contributed by atoms with Crippen molar-refractivity contribution in [3.8, 4) is 0 Å². The van der Waals surface area contributed by atoms with Gasteiger partial charge in [-0.2, -0.15) is 18.2 Å². The fourth-order valence-electron chi connectivity index (χ4n) is 2.60. The van der Waals surface area contributed by atoms with Gasteiger partial charge in [0.05, 0.1) is 0 Å². The lowest BCUT2D eigenvalue weighted by atomic mass is 9.87. The number of nitrogens with zero attached hydrogens (tertiary/aromatic N) is 3. The van der Waals surface area contributed by atoms with Gasteiger partial charge in [-0.15, -0.1) is 0 Å². The fraction of sp³-hybridized carbons (Fsp3) is 0.692. The Bertz CT molecular complexity index is 481. The molecule has 0 radical (unpaired) electrons. The molecule has 1 fully saturated rings. The minimum absolute atomic E-state index is 0.217. The van der Waals surface area contributed by atoms with Gasteiger partial charge in [-0.25, -0.2) is 10.8 Å². The number of anilines is 2. The number of rotatable bonds is 3. The number of nitrogen functional groups attached to an aromatic ring is 1. The van der Waals surface area contributed by atoms with Crippen LogP contribution >= 0.6 is 0 Å². The van der Waals surface area contributed by atoms with Crippen LogP contribution in [0, 0.1) is 11.8 Å². The van der Waals surface area contributed by atoms with Gasteiger partial charge in [0, 0.05) is 19.2 Å². The molecule has 118 valence electrons. The zero-order valence-electron chi connectivity index (χ0n) is 12.1. The van der Waals surface area contributed by atoms with Gasteiger partial charge >= 0.3 is 6.18 Å². The van der Waals surface area contributed by atoms with Gasteiger partial charge in [-0.05, 0) is 24.7 Å². The first kappa shape index (κ1) is 15.8. The Morgan fingerprint density at radius 3 is 2.38 bits per heavy atom. The third-order valence-corrected chi connectivity index (χ3v) is 3.94. The monoisotopic (exact) mass is 303 g/mol. The Hall–Kier alpha value is -1.57. The molecular weight excluding hydrogens is 283 g/mol. The largest absolute Gasteiger partial charge is 0.433 e. The number of hydrogen-bond acceptors (Lipinski definition) is 5. The molecule has 0 saturated carbocycles. The van der Waals surface area contributed by atoms with E-state index in [2.05, 4.69) is 29.2 Å². The third kappa shape index (κ3) is 3.75. The summed E-state index contributed by atoms with van der Waals surface area (Å²) < 4.78 is 38.5. The Morgan fingerprint density at radius 2 is 1.90 bits per heavy atom. The summed E-state index contributed by atoms with van der Waals surface area (Å²) in [4.78, 5) is 9.26. The van der Waals surface area contributed by atoms with Crippen LogP contribution in [-0.4, -0.2) is 23.1 Å². The molecule has 0 atom stereocenters. The van der Waals surface area contributed by atoms with Crippen molar-refractivity contribution in [2.24, 2.45) is 17.7 Å². The molecule has 0 spiro atoms. The van der Waals surface area contributed by atoms with Gasteiger partial charge in [-0.1, -0.05) is 13.8 Å². The number of nitrogens with one attached hydrogen (secondary N) is 1. The highest BCUT2D eigenvalue weighted by molar-refractivity contribution is 5.45. The van der Waals surface area contributed by atoms with E-state index >= 15 is 0 Å². The number of aromatic nitrogens is 2. The molecule has 21 heavy (non-hydrogen) atoms. The highest BCUT2D eigenvalue weighted by Crippen LogP contribution is 2.32. The predicted molar refractivity (Wildman–Crippen MR) is 74.6 cm³/mol. The summed E-state index contributed by atoms with van der Waals surface area (Å²) in [6, 6.07) is 0.983. The van der Waals surface area contributed by atoms with E-state index in [4.69, 9.17) is 5.84 Å². The second-order valence-electron chi connectivity index (χ2n) is 5.65. The van der Waals surface area contributed by atoms with Crippen LogP contribution in [0.2, 0.25) is 0 Å². The molecule has 1 aromatic rings. The molecule has 0 amide bonds. The molecule has 8 heteroatoms. The van der Waals surface area contributed by atoms with Gasteiger partial charge in [-0.3, -0.25) is 5.43 Å². The molecule has 1 aliphatic rings. The molecule has 0 aromatic carbocycles. The quantitative estimate of drug-likeness (QED) is 0.664. The summed E-state index contributed by atoms with van der Waals surface area (Å²) in [6.07, 6.45) is -2.61. The Kier molecular flexibility index (Phi) is 4.55. The van der Waals surface area contributed by atoms with Crippen LogP contribution in [-0.2, 0) is 6.18 Å². The second-order valence-corrected chi connectivity index (χ2v) is 5.65. The minimum atomic E-state index is -4.51. The van der Waals surface area contributed by atoms with E-state index in [0.29, 0.717) is 24.9 Å². The van der Waals surface area contributed by atoms with E-state index in [9.17, 15) is 13.2 Å². The van der Waals surface area contributed by atoms with E-state index in [1.807, 2.05) is 4.90 Å². The topological polar surface area (TPSA) is 67.1 Å². The Labute approximate surface area is 121 Å². The van der Waals surface area contributed by atoms with Crippen LogP contribution < -0.4 is 16.2 Å². The van der Waals surface area contributed by atoms with Gasteiger partial charge < -0.3 is 4.90 Å². The van der Waals surface area contributed by atoms with Crippen LogP contribution in [0.15, 0.2) is 6.07 Å². The molecule has 2 heterocycles. The maximum Gasteiger partial charge on any atom is 0.433 e. The molecule has 1 aromatic heterocycles. The number of hydrazine groups is 1. The van der Waals surface area contributed by atoms with Crippen molar-refractivity contribution in [1.82, 2.24) is 9.97 Å². The number of nitrogens with two attached hydrogens (primary N) is 1. The standard InChI is InChI=1S/C13H20F3N5/c1-8(2)9-3-5-21(6-4-9)11-7-10(13(14,15)16)18-12(19-11)20-17/h7-9H,3-6,17H2,1-2H3,(H,18,19,20). The molecule has 3 N–H and O–H groups in total. The summed E-state index contributed by atoms with van der Waals surface area (Å²) in [6.45, 7) is 5.73. The summed E-state index contributed by atoms with van der Waals surface area (Å²) in [5.74, 6) is 6.41. The average Bonchev–Trinajstić information content (AvgIpc) is 2.46.